The summed E-state index contributed by atoms with van der Waals surface area (Å²) in [6, 6.07) is 22.6. The summed E-state index contributed by atoms with van der Waals surface area (Å²) in [5.41, 5.74) is 3.06. The highest BCUT2D eigenvalue weighted by Crippen LogP contribution is 2.52. The Balaban J connectivity index is 0.863. The Bertz CT molecular complexity index is 4180. The number of piperidine rings is 1. The highest BCUT2D eigenvalue weighted by Gasteiger charge is 2.46. The Morgan fingerprint density at radius 1 is 0.787 bits per heavy atom. The Labute approximate surface area is 515 Å². The second kappa shape index (κ2) is 25.9. The van der Waals surface area contributed by atoms with Gasteiger partial charge in [0, 0.05) is 84.8 Å². The van der Waals surface area contributed by atoms with Crippen molar-refractivity contribution in [2.45, 2.75) is 118 Å². The van der Waals surface area contributed by atoms with Crippen LogP contribution in [-0.2, 0) is 68.8 Å². The lowest BCUT2D eigenvalue weighted by Gasteiger charge is -2.45. The summed E-state index contributed by atoms with van der Waals surface area (Å²) in [4.78, 5) is 36.8. The molecular weight excluding hydrogens is 1240 g/mol. The largest absolute Gasteiger partial charge is 0.744 e. The van der Waals surface area contributed by atoms with Crippen LogP contribution < -0.4 is 25.3 Å². The summed E-state index contributed by atoms with van der Waals surface area (Å²) >= 11 is 0. The second-order valence-electron chi connectivity index (χ2n) is 23.2. The van der Waals surface area contributed by atoms with Crippen LogP contribution in [0.4, 0.5) is 46.5 Å². The van der Waals surface area contributed by atoms with Crippen molar-refractivity contribution in [3.05, 3.63) is 155 Å². The van der Waals surface area contributed by atoms with Crippen LogP contribution in [0.15, 0.2) is 143 Å². The van der Waals surface area contributed by atoms with Gasteiger partial charge in [-0.15, -0.1) is 0 Å². The number of hydrogen-bond donors (Lipinski definition) is 5. The molecule has 3 amide bonds. The molecule has 5 aromatic rings. The normalized spacial score (nSPS) is 18.9. The van der Waals surface area contributed by atoms with Crippen LogP contribution in [-0.4, -0.2) is 123 Å². The molecule has 4 aliphatic heterocycles. The summed E-state index contributed by atoms with van der Waals surface area (Å²) in [6.45, 7) is 7.15. The SMILES string of the molecule is CC1(C)C(/C=C/C=C/C=C2\N(CCCS(=O)(=O)O)c3ccc(S(=O)(=O)O)cc3C2(C)CCCCCC(=O)NCc2ccc(NC(=O)N3c4nc(-c5cccc(C(F)(F)F)c5)ccc4N4CCC[C@H]3C4)cc2)=[N+](CCCS(=O)(=O)O)c2ccc(S(=O)(=O)[O-])cc21. The van der Waals surface area contributed by atoms with Crippen LogP contribution in [0.25, 0.3) is 11.3 Å². The van der Waals surface area contributed by atoms with Crippen LogP contribution in [0.2, 0.25) is 0 Å². The molecule has 1 unspecified atom stereocenters. The molecule has 4 aromatic carbocycles. The molecule has 28 heteroatoms. The Hall–Kier alpha value is -7.31. The predicted octanol–water partition coefficient (Wildman–Crippen LogP) is 9.91. The third-order valence-corrected chi connectivity index (χ3v) is 19.9. The first-order valence-corrected chi connectivity index (χ1v) is 34.8. The van der Waals surface area contributed by atoms with Crippen LogP contribution in [0, 0.1) is 0 Å². The molecule has 5 heterocycles. The lowest BCUT2D eigenvalue weighted by Crippen LogP contribution is -2.56. The van der Waals surface area contributed by atoms with E-state index in [9.17, 15) is 74.6 Å². The highest BCUT2D eigenvalue weighted by molar-refractivity contribution is 7.86. The molecule has 476 valence electrons. The van der Waals surface area contributed by atoms with E-state index in [0.29, 0.717) is 95.4 Å². The predicted molar refractivity (Wildman–Crippen MR) is 329 cm³/mol. The van der Waals surface area contributed by atoms with Gasteiger partial charge in [0.15, 0.2) is 11.5 Å². The van der Waals surface area contributed by atoms with Gasteiger partial charge in [-0.05, 0) is 137 Å². The number of anilines is 4. The number of carbonyl (C=O) groups excluding carboxylic acids is 2. The molecule has 0 aliphatic carbocycles. The average molecular weight is 1310 g/mol. The zero-order chi connectivity index (χ0) is 64.5. The molecule has 9 rings (SSSR count). The van der Waals surface area contributed by atoms with Crippen molar-refractivity contribution in [3.8, 4) is 11.3 Å². The second-order valence-corrected chi connectivity index (χ2v) is 29.1. The zero-order valence-electron chi connectivity index (χ0n) is 48.9. The van der Waals surface area contributed by atoms with E-state index in [1.807, 2.05) is 11.8 Å². The number of nitrogens with one attached hydrogen (secondary N) is 2. The number of rotatable bonds is 23. The van der Waals surface area contributed by atoms with E-state index >= 15 is 0 Å². The number of alkyl halides is 3. The number of unbranched alkanes of at least 4 members (excludes halogenated alkanes) is 2. The topological polar surface area (TPSA) is 304 Å². The molecule has 0 spiro atoms. The van der Waals surface area contributed by atoms with E-state index in [1.165, 1.54) is 42.5 Å². The number of amides is 3. The number of nitrogens with zero attached hydrogens (tertiary/aromatic N) is 5. The van der Waals surface area contributed by atoms with Crippen molar-refractivity contribution in [3.63, 3.8) is 0 Å². The van der Waals surface area contributed by atoms with Crippen LogP contribution in [0.3, 0.4) is 0 Å². The minimum atomic E-state index is -4.83. The molecule has 2 atom stereocenters. The first-order chi connectivity index (χ1) is 41.7. The van der Waals surface area contributed by atoms with E-state index in [1.54, 1.807) is 96.2 Å². The Kier molecular flexibility index (Phi) is 19.2. The molecule has 89 heavy (non-hydrogen) atoms. The van der Waals surface area contributed by atoms with E-state index in [2.05, 4.69) is 15.5 Å². The van der Waals surface area contributed by atoms with Gasteiger partial charge in [0.1, 0.15) is 16.7 Å². The summed E-state index contributed by atoms with van der Waals surface area (Å²) in [5.74, 6) is -1.01. The molecule has 21 nitrogen and oxygen atoms in total. The fraction of sp³-hybridized carbons (Fsp3) is 0.377. The number of pyridine rings is 1. The quantitative estimate of drug-likeness (QED) is 0.0176. The molecule has 1 saturated heterocycles. The number of aromatic nitrogens is 1. The van der Waals surface area contributed by atoms with Gasteiger partial charge in [0.05, 0.1) is 49.7 Å². The van der Waals surface area contributed by atoms with Crippen LogP contribution >= 0.6 is 0 Å². The molecule has 0 saturated carbocycles. The van der Waals surface area contributed by atoms with Gasteiger partial charge < -0.3 is 25.0 Å². The van der Waals surface area contributed by atoms with Gasteiger partial charge in [0.25, 0.3) is 30.4 Å². The van der Waals surface area contributed by atoms with E-state index < -0.39 is 85.5 Å². The third-order valence-electron chi connectivity index (χ3n) is 16.6. The maximum absolute atomic E-state index is 14.1. The molecule has 5 N–H and O–H groups in total. The van der Waals surface area contributed by atoms with Crippen molar-refractivity contribution in [1.82, 2.24) is 10.3 Å². The molecule has 1 aromatic heterocycles. The maximum atomic E-state index is 14.1. The zero-order valence-corrected chi connectivity index (χ0v) is 52.1. The average Bonchev–Trinajstić information content (AvgIpc) is 1.77. The molecule has 4 aliphatic rings. The lowest BCUT2D eigenvalue weighted by atomic mass is 9.77. The van der Waals surface area contributed by atoms with Gasteiger partial charge in [-0.2, -0.15) is 43.0 Å². The standard InChI is InChI=1S/C61H68F3N7O14S4/c1-59(2)48-37-46(88(80,81)82)24-27-51(48)69(32-12-34-86(74,75)76)54(59)17-6-4-7-18-55-60(3,49-38-47(89(83,84)85)25-28-52(49)70(55)33-13-35-87(77,78)79)30-9-5-8-19-56(72)65-39-41-20-22-44(23-21-41)66-58(73)71-45-16-11-31-68(40-45)53-29-26-50(67-57(53)71)42-14-10-15-43(36-42)61(62,63)64/h4,6-7,10,14-15,17-18,20-29,36-38,45H,5,8-9,11-13,16,19,30-35,39-40H2,1-3H3,(H5-,65,66,72,73,74,75,76,77,78,79,80,81,82,83,84,85)/t45-,60?/m0/s1. The maximum Gasteiger partial charge on any atom is 0.416 e. The van der Waals surface area contributed by atoms with Crippen LogP contribution in [0.1, 0.15) is 101 Å². The summed E-state index contributed by atoms with van der Waals surface area (Å²) in [5, 5.41) is 5.88. The van der Waals surface area contributed by atoms with Crippen molar-refractivity contribution in [2.75, 3.05) is 57.7 Å². The minimum Gasteiger partial charge on any atom is -0.744 e. The van der Waals surface area contributed by atoms with E-state index in [-0.39, 0.29) is 61.3 Å². The van der Waals surface area contributed by atoms with Gasteiger partial charge in [-0.3, -0.25) is 23.4 Å². The fourth-order valence-electron chi connectivity index (χ4n) is 12.2. The first-order valence-electron chi connectivity index (χ1n) is 28.7. The molecule has 2 bridgehead atoms. The Morgan fingerprint density at radius 3 is 2.18 bits per heavy atom. The van der Waals surface area contributed by atoms with E-state index in [4.69, 9.17) is 4.98 Å². The number of urea groups is 1. The lowest BCUT2D eigenvalue weighted by molar-refractivity contribution is -0.437. The van der Waals surface area contributed by atoms with Gasteiger partial charge >= 0.3 is 12.2 Å². The smallest absolute Gasteiger partial charge is 0.416 e. The number of halogens is 3. The molecule has 0 radical (unpaired) electrons. The first kappa shape index (κ1) is 66.1. The van der Waals surface area contributed by atoms with Crippen LogP contribution in [0.5, 0.6) is 0 Å². The summed E-state index contributed by atoms with van der Waals surface area (Å²) in [6.07, 6.45) is 7.57. The Morgan fingerprint density at radius 2 is 1.48 bits per heavy atom. The number of hydrogen-bond acceptors (Lipinski definition) is 14. The van der Waals surface area contributed by atoms with Crippen molar-refractivity contribution >= 4 is 86.7 Å². The van der Waals surface area contributed by atoms with Crippen molar-refractivity contribution in [2.24, 2.45) is 0 Å². The molecular formula is C61H68F3N7O14S4. The number of fused-ring (bicyclic) bond motifs is 6. The van der Waals surface area contributed by atoms with Crippen molar-refractivity contribution < 1.29 is 79.2 Å². The monoisotopic (exact) mass is 1310 g/mol. The number of benzene rings is 4. The molecule has 1 fully saturated rings. The summed E-state index contributed by atoms with van der Waals surface area (Å²) in [7, 11) is -18.2. The fourth-order valence-corrected chi connectivity index (χ4v) is 14.2. The summed E-state index contributed by atoms with van der Waals surface area (Å²) < 4.78 is 180. The van der Waals surface area contributed by atoms with E-state index in [0.717, 1.165) is 30.7 Å². The van der Waals surface area contributed by atoms with Crippen molar-refractivity contribution in [1.29, 1.82) is 0 Å². The minimum absolute atomic E-state index is 0.00299. The number of allylic oxidation sites excluding steroid dienone is 6. The van der Waals surface area contributed by atoms with Gasteiger partial charge in [0.2, 0.25) is 11.6 Å². The van der Waals surface area contributed by atoms with Gasteiger partial charge in [-0.1, -0.05) is 55.3 Å². The number of carbonyl (C=O) groups is 2. The van der Waals surface area contributed by atoms with Gasteiger partial charge in [-0.25, -0.2) is 18.2 Å². The highest BCUT2D eigenvalue weighted by atomic mass is 32.2. The third kappa shape index (κ3) is 15.5.